The highest BCUT2D eigenvalue weighted by Crippen LogP contribution is 2.29. The predicted molar refractivity (Wildman–Crippen MR) is 118 cm³/mol. The molecule has 2 heterocycles. The number of aryl methyl sites for hydroxylation is 2. The fraction of sp³-hybridized carbons (Fsp3) is 0.550. The van der Waals surface area contributed by atoms with Crippen LogP contribution in [0.3, 0.4) is 0 Å². The van der Waals surface area contributed by atoms with E-state index < -0.39 is 10.0 Å². The molecular formula is C20H30N4O2S2. The van der Waals surface area contributed by atoms with E-state index in [9.17, 15) is 8.42 Å². The van der Waals surface area contributed by atoms with Gasteiger partial charge in [0, 0.05) is 30.3 Å². The number of sulfonamides is 1. The van der Waals surface area contributed by atoms with Crippen LogP contribution in [-0.4, -0.2) is 42.8 Å². The molecule has 0 unspecified atom stereocenters. The van der Waals surface area contributed by atoms with Crippen LogP contribution < -0.4 is 9.62 Å². The van der Waals surface area contributed by atoms with Crippen molar-refractivity contribution >= 4 is 33.2 Å². The first-order valence-corrected chi connectivity index (χ1v) is 12.2. The van der Waals surface area contributed by atoms with E-state index in [4.69, 9.17) is 0 Å². The highest BCUT2D eigenvalue weighted by atomic mass is 32.2. The second-order valence-corrected chi connectivity index (χ2v) is 11.1. The smallest absolute Gasteiger partial charge is 0.265 e. The Morgan fingerprint density at radius 2 is 1.75 bits per heavy atom. The van der Waals surface area contributed by atoms with Gasteiger partial charge < -0.3 is 4.90 Å². The van der Waals surface area contributed by atoms with Crippen LogP contribution in [0.5, 0.6) is 0 Å². The normalized spacial score (nSPS) is 15.7. The maximum atomic E-state index is 13.1. The van der Waals surface area contributed by atoms with Gasteiger partial charge in [0.15, 0.2) is 0 Å². The highest BCUT2D eigenvalue weighted by molar-refractivity contribution is 7.99. The lowest BCUT2D eigenvalue weighted by molar-refractivity contribution is 0.345. The minimum Gasteiger partial charge on any atom is -0.370 e. The van der Waals surface area contributed by atoms with E-state index >= 15 is 0 Å². The monoisotopic (exact) mass is 422 g/mol. The Balaban J connectivity index is 1.90. The van der Waals surface area contributed by atoms with E-state index in [1.807, 2.05) is 58.5 Å². The SMILES string of the molecule is Cc1cc(N2CCSCC2)ccc1NS(=O)(=O)c1c(C)nn(C(C)(C)C)c1C. The van der Waals surface area contributed by atoms with E-state index in [0.717, 1.165) is 35.8 Å². The summed E-state index contributed by atoms with van der Waals surface area (Å²) in [5.41, 5.74) is 3.55. The molecule has 0 atom stereocenters. The molecule has 154 valence electrons. The topological polar surface area (TPSA) is 67.2 Å². The Bertz CT molecular complexity index is 969. The Kier molecular flexibility index (Phi) is 5.74. The summed E-state index contributed by atoms with van der Waals surface area (Å²) < 4.78 is 30.8. The quantitative estimate of drug-likeness (QED) is 0.809. The molecule has 28 heavy (non-hydrogen) atoms. The van der Waals surface area contributed by atoms with E-state index in [2.05, 4.69) is 20.8 Å². The summed E-state index contributed by atoms with van der Waals surface area (Å²) in [7, 11) is -3.72. The number of hydrogen-bond donors (Lipinski definition) is 1. The lowest BCUT2D eigenvalue weighted by atomic mass is 10.1. The predicted octanol–water partition coefficient (Wildman–Crippen LogP) is 3.92. The Labute approximate surface area is 172 Å². The van der Waals surface area contributed by atoms with Gasteiger partial charge in [-0.3, -0.25) is 9.40 Å². The van der Waals surface area contributed by atoms with Crippen LogP contribution in [0.4, 0.5) is 11.4 Å². The molecule has 1 aromatic heterocycles. The number of hydrogen-bond acceptors (Lipinski definition) is 5. The molecule has 2 aromatic rings. The molecule has 0 spiro atoms. The van der Waals surface area contributed by atoms with Crippen molar-refractivity contribution in [2.45, 2.75) is 52.0 Å². The molecule has 0 radical (unpaired) electrons. The van der Waals surface area contributed by atoms with Gasteiger partial charge in [0.05, 0.1) is 22.6 Å². The Hall–Kier alpha value is -1.67. The van der Waals surface area contributed by atoms with Gasteiger partial charge in [0.25, 0.3) is 10.0 Å². The maximum Gasteiger partial charge on any atom is 0.265 e. The van der Waals surface area contributed by atoms with E-state index in [1.54, 1.807) is 11.6 Å². The second kappa shape index (κ2) is 7.63. The van der Waals surface area contributed by atoms with Gasteiger partial charge in [-0.15, -0.1) is 0 Å². The van der Waals surface area contributed by atoms with E-state index in [0.29, 0.717) is 17.1 Å². The number of nitrogens with one attached hydrogen (secondary N) is 1. The molecule has 1 aliphatic heterocycles. The summed E-state index contributed by atoms with van der Waals surface area (Å²) >= 11 is 1.97. The van der Waals surface area contributed by atoms with Crippen LogP contribution in [0.2, 0.25) is 0 Å². The van der Waals surface area contributed by atoms with Crippen LogP contribution >= 0.6 is 11.8 Å². The van der Waals surface area contributed by atoms with Crippen molar-refractivity contribution < 1.29 is 8.42 Å². The number of anilines is 2. The van der Waals surface area contributed by atoms with Gasteiger partial charge in [-0.25, -0.2) is 8.42 Å². The summed E-state index contributed by atoms with van der Waals surface area (Å²) in [6.45, 7) is 13.6. The fourth-order valence-electron chi connectivity index (χ4n) is 3.65. The summed E-state index contributed by atoms with van der Waals surface area (Å²) in [6.07, 6.45) is 0. The third kappa shape index (κ3) is 4.17. The van der Waals surface area contributed by atoms with Crippen molar-refractivity contribution in [2.75, 3.05) is 34.2 Å². The first-order valence-electron chi connectivity index (χ1n) is 9.53. The molecule has 0 aliphatic carbocycles. The van der Waals surface area contributed by atoms with Crippen LogP contribution in [0, 0.1) is 20.8 Å². The van der Waals surface area contributed by atoms with Crippen molar-refractivity contribution in [3.8, 4) is 0 Å². The number of rotatable bonds is 4. The molecule has 1 N–H and O–H groups in total. The first kappa shape index (κ1) is 21.0. The fourth-order valence-corrected chi connectivity index (χ4v) is 6.08. The van der Waals surface area contributed by atoms with Crippen LogP contribution in [0.25, 0.3) is 0 Å². The molecule has 1 fully saturated rings. The maximum absolute atomic E-state index is 13.1. The largest absolute Gasteiger partial charge is 0.370 e. The molecule has 0 amide bonds. The van der Waals surface area contributed by atoms with Crippen molar-refractivity contribution in [3.05, 3.63) is 35.2 Å². The minimum atomic E-state index is -3.72. The molecule has 8 heteroatoms. The summed E-state index contributed by atoms with van der Waals surface area (Å²) in [6, 6.07) is 5.92. The minimum absolute atomic E-state index is 0.263. The summed E-state index contributed by atoms with van der Waals surface area (Å²) in [5, 5.41) is 4.48. The molecule has 1 saturated heterocycles. The molecule has 1 aromatic carbocycles. The van der Waals surface area contributed by atoms with Crippen molar-refractivity contribution in [1.29, 1.82) is 0 Å². The van der Waals surface area contributed by atoms with Gasteiger partial charge in [-0.1, -0.05) is 0 Å². The van der Waals surface area contributed by atoms with Gasteiger partial charge in [-0.2, -0.15) is 16.9 Å². The van der Waals surface area contributed by atoms with Crippen LogP contribution in [-0.2, 0) is 15.6 Å². The molecule has 0 saturated carbocycles. The van der Waals surface area contributed by atoms with Gasteiger partial charge >= 0.3 is 0 Å². The molecular weight excluding hydrogens is 392 g/mol. The number of nitrogens with zero attached hydrogens (tertiary/aromatic N) is 3. The second-order valence-electron chi connectivity index (χ2n) is 8.29. The van der Waals surface area contributed by atoms with E-state index in [-0.39, 0.29) is 10.4 Å². The number of benzene rings is 1. The summed E-state index contributed by atoms with van der Waals surface area (Å²) in [4.78, 5) is 2.61. The lowest BCUT2D eigenvalue weighted by Crippen LogP contribution is -2.32. The molecule has 1 aliphatic rings. The van der Waals surface area contributed by atoms with Crippen LogP contribution in [0.15, 0.2) is 23.1 Å². The zero-order valence-electron chi connectivity index (χ0n) is 17.5. The van der Waals surface area contributed by atoms with Gasteiger partial charge in [-0.05, 0) is 65.3 Å². The third-order valence-corrected chi connectivity index (χ3v) is 7.52. The molecule has 6 nitrogen and oxygen atoms in total. The zero-order valence-corrected chi connectivity index (χ0v) is 19.2. The third-order valence-electron chi connectivity index (χ3n) is 4.96. The van der Waals surface area contributed by atoms with Gasteiger partial charge in [0.1, 0.15) is 4.90 Å². The highest BCUT2D eigenvalue weighted by Gasteiger charge is 2.29. The zero-order chi connectivity index (χ0) is 20.7. The van der Waals surface area contributed by atoms with Crippen molar-refractivity contribution in [1.82, 2.24) is 9.78 Å². The Morgan fingerprint density at radius 3 is 2.29 bits per heavy atom. The van der Waals surface area contributed by atoms with Crippen molar-refractivity contribution in [3.63, 3.8) is 0 Å². The Morgan fingerprint density at radius 1 is 1.11 bits per heavy atom. The van der Waals surface area contributed by atoms with Gasteiger partial charge in [0.2, 0.25) is 0 Å². The number of thioether (sulfide) groups is 1. The van der Waals surface area contributed by atoms with Crippen LogP contribution in [0.1, 0.15) is 37.7 Å². The first-order chi connectivity index (χ1) is 13.0. The lowest BCUT2D eigenvalue weighted by Gasteiger charge is -2.29. The van der Waals surface area contributed by atoms with Crippen molar-refractivity contribution in [2.24, 2.45) is 0 Å². The average Bonchev–Trinajstić information content (AvgIpc) is 2.93. The standard InChI is InChI=1S/C20H30N4O2S2/c1-14-13-17(23-9-11-27-12-10-23)7-8-18(14)22-28(25,26)19-15(2)21-24(16(19)3)20(4,5)6/h7-8,13,22H,9-12H2,1-6H3. The average molecular weight is 423 g/mol. The number of aromatic nitrogens is 2. The summed E-state index contributed by atoms with van der Waals surface area (Å²) in [5.74, 6) is 2.26. The molecule has 0 bridgehead atoms. The van der Waals surface area contributed by atoms with E-state index in [1.165, 1.54) is 0 Å². The molecule has 3 rings (SSSR count).